The monoisotopic (exact) mass is 294 g/mol. The van der Waals surface area contributed by atoms with Crippen LogP contribution < -0.4 is 9.47 Å². The van der Waals surface area contributed by atoms with Crippen LogP contribution in [0.1, 0.15) is 44.6 Å². The van der Waals surface area contributed by atoms with Crippen LogP contribution in [-0.2, 0) is 0 Å². The van der Waals surface area contributed by atoms with Gasteiger partial charge in [0.25, 0.3) is 0 Å². The van der Waals surface area contributed by atoms with E-state index in [1.807, 2.05) is 13.8 Å². The summed E-state index contributed by atoms with van der Waals surface area (Å²) in [6.45, 7) is -2.07. The average Bonchev–Trinajstić information content (AvgIpc) is 2.33. The second-order valence-corrected chi connectivity index (χ2v) is 4.54. The summed E-state index contributed by atoms with van der Waals surface area (Å²) in [6.07, 6.45) is 2.80. The lowest BCUT2D eigenvalue weighted by Gasteiger charge is -2.15. The third kappa shape index (κ3) is 5.67. The van der Waals surface area contributed by atoms with Gasteiger partial charge in [0.1, 0.15) is 11.5 Å². The number of ether oxygens (including phenoxy) is 2. The van der Waals surface area contributed by atoms with E-state index in [4.69, 9.17) is 0 Å². The van der Waals surface area contributed by atoms with Crippen LogP contribution in [-0.4, -0.2) is 13.2 Å². The van der Waals surface area contributed by atoms with E-state index >= 15 is 0 Å². The number of alkyl halides is 4. The molecule has 0 fully saturated rings. The number of halogens is 4. The summed E-state index contributed by atoms with van der Waals surface area (Å²) in [7, 11) is 0. The Kier molecular flexibility index (Phi) is 6.61. The molecule has 0 saturated heterocycles. The molecule has 1 aromatic rings. The SMILES string of the molecule is CCCCC(C)c1cc(OC(F)F)cc(OC(F)F)c1. The summed E-state index contributed by atoms with van der Waals surface area (Å²) in [4.78, 5) is 0. The Morgan fingerprint density at radius 3 is 1.85 bits per heavy atom. The van der Waals surface area contributed by atoms with Crippen LogP contribution in [0, 0.1) is 0 Å². The van der Waals surface area contributed by atoms with Crippen LogP contribution in [0.2, 0.25) is 0 Å². The Labute approximate surface area is 115 Å². The molecule has 6 heteroatoms. The first-order chi connectivity index (χ1) is 9.42. The van der Waals surface area contributed by atoms with Crippen molar-refractivity contribution in [2.24, 2.45) is 0 Å². The van der Waals surface area contributed by atoms with E-state index in [0.29, 0.717) is 5.56 Å². The second-order valence-electron chi connectivity index (χ2n) is 4.54. The molecule has 0 saturated carbocycles. The first-order valence-corrected chi connectivity index (χ1v) is 6.47. The highest BCUT2D eigenvalue weighted by Crippen LogP contribution is 2.31. The van der Waals surface area contributed by atoms with E-state index in [2.05, 4.69) is 9.47 Å². The zero-order chi connectivity index (χ0) is 15.1. The van der Waals surface area contributed by atoms with Gasteiger partial charge in [0.15, 0.2) is 0 Å². The molecule has 0 bridgehead atoms. The molecule has 0 aliphatic rings. The van der Waals surface area contributed by atoms with E-state index in [1.54, 1.807) is 0 Å². The maximum Gasteiger partial charge on any atom is 0.387 e. The molecule has 0 amide bonds. The van der Waals surface area contributed by atoms with Gasteiger partial charge in [0.05, 0.1) is 0 Å². The normalized spacial score (nSPS) is 12.8. The van der Waals surface area contributed by atoms with E-state index in [-0.39, 0.29) is 17.4 Å². The minimum Gasteiger partial charge on any atom is -0.435 e. The summed E-state index contributed by atoms with van der Waals surface area (Å²) in [5.74, 6) is -0.288. The van der Waals surface area contributed by atoms with Gasteiger partial charge in [-0.3, -0.25) is 0 Å². The first-order valence-electron chi connectivity index (χ1n) is 6.47. The van der Waals surface area contributed by atoms with Gasteiger partial charge in [-0.2, -0.15) is 17.6 Å². The van der Waals surface area contributed by atoms with Gasteiger partial charge >= 0.3 is 13.2 Å². The molecule has 2 nitrogen and oxygen atoms in total. The lowest BCUT2D eigenvalue weighted by molar-refractivity contribution is -0.0543. The molecular formula is C14H18F4O2. The molecule has 0 heterocycles. The van der Waals surface area contributed by atoms with E-state index in [9.17, 15) is 17.6 Å². The predicted molar refractivity (Wildman–Crippen MR) is 67.6 cm³/mol. The van der Waals surface area contributed by atoms with Crippen molar-refractivity contribution in [3.05, 3.63) is 23.8 Å². The summed E-state index contributed by atoms with van der Waals surface area (Å²) >= 11 is 0. The number of unbranched alkanes of at least 4 members (excludes halogenated alkanes) is 1. The predicted octanol–water partition coefficient (Wildman–Crippen LogP) is 5.18. The Balaban J connectivity index is 2.95. The highest BCUT2D eigenvalue weighted by atomic mass is 19.3. The fraction of sp³-hybridized carbons (Fsp3) is 0.571. The summed E-state index contributed by atoms with van der Waals surface area (Å²) in [5.41, 5.74) is 0.646. The van der Waals surface area contributed by atoms with Crippen molar-refractivity contribution < 1.29 is 27.0 Å². The molecule has 0 radical (unpaired) electrons. The zero-order valence-electron chi connectivity index (χ0n) is 11.4. The van der Waals surface area contributed by atoms with Crippen LogP contribution in [0.25, 0.3) is 0 Å². The average molecular weight is 294 g/mol. The van der Waals surface area contributed by atoms with Gasteiger partial charge in [-0.15, -0.1) is 0 Å². The first kappa shape index (κ1) is 16.6. The minimum absolute atomic E-state index is 0.0520. The molecule has 0 spiro atoms. The largest absolute Gasteiger partial charge is 0.435 e. The number of benzene rings is 1. The third-order valence-corrected chi connectivity index (χ3v) is 2.91. The van der Waals surface area contributed by atoms with Gasteiger partial charge in [0, 0.05) is 6.07 Å². The highest BCUT2D eigenvalue weighted by Gasteiger charge is 2.14. The number of rotatable bonds is 8. The number of hydrogen-bond acceptors (Lipinski definition) is 2. The summed E-state index contributed by atoms with van der Waals surface area (Å²) < 4.78 is 57.5. The lowest BCUT2D eigenvalue weighted by Crippen LogP contribution is -2.06. The molecule has 0 aliphatic heterocycles. The molecule has 1 unspecified atom stereocenters. The minimum atomic E-state index is -3.00. The molecule has 1 aromatic carbocycles. The summed E-state index contributed by atoms with van der Waals surface area (Å²) in [5, 5.41) is 0. The van der Waals surface area contributed by atoms with Crippen molar-refractivity contribution in [2.75, 3.05) is 0 Å². The fourth-order valence-electron chi connectivity index (χ4n) is 1.90. The van der Waals surface area contributed by atoms with Gasteiger partial charge in [-0.25, -0.2) is 0 Å². The van der Waals surface area contributed by atoms with Crippen LogP contribution in [0.15, 0.2) is 18.2 Å². The van der Waals surface area contributed by atoms with Crippen molar-refractivity contribution in [1.82, 2.24) is 0 Å². The maximum atomic E-state index is 12.2. The second kappa shape index (κ2) is 7.97. The van der Waals surface area contributed by atoms with E-state index in [0.717, 1.165) is 25.3 Å². The highest BCUT2D eigenvalue weighted by molar-refractivity contribution is 5.40. The molecule has 0 aliphatic carbocycles. The van der Waals surface area contributed by atoms with Gasteiger partial charge in [-0.1, -0.05) is 26.7 Å². The van der Waals surface area contributed by atoms with Crippen molar-refractivity contribution in [3.63, 3.8) is 0 Å². The van der Waals surface area contributed by atoms with Crippen LogP contribution in [0.5, 0.6) is 11.5 Å². The quantitative estimate of drug-likeness (QED) is 0.615. The topological polar surface area (TPSA) is 18.5 Å². The maximum absolute atomic E-state index is 12.2. The van der Waals surface area contributed by atoms with Crippen molar-refractivity contribution in [1.29, 1.82) is 0 Å². The lowest BCUT2D eigenvalue weighted by atomic mass is 9.95. The van der Waals surface area contributed by atoms with E-state index < -0.39 is 13.2 Å². The smallest absolute Gasteiger partial charge is 0.387 e. The third-order valence-electron chi connectivity index (χ3n) is 2.91. The van der Waals surface area contributed by atoms with Crippen LogP contribution in [0.3, 0.4) is 0 Å². The number of hydrogen-bond donors (Lipinski definition) is 0. The Morgan fingerprint density at radius 2 is 1.45 bits per heavy atom. The van der Waals surface area contributed by atoms with Crippen molar-refractivity contribution in [2.45, 2.75) is 52.3 Å². The van der Waals surface area contributed by atoms with Gasteiger partial charge in [0.2, 0.25) is 0 Å². The van der Waals surface area contributed by atoms with Gasteiger partial charge < -0.3 is 9.47 Å². The molecular weight excluding hydrogens is 276 g/mol. The molecule has 0 N–H and O–H groups in total. The Bertz CT molecular complexity index is 382. The Hall–Kier alpha value is -1.46. The molecule has 1 atom stereocenters. The fourth-order valence-corrected chi connectivity index (χ4v) is 1.90. The molecule has 114 valence electrons. The molecule has 20 heavy (non-hydrogen) atoms. The van der Waals surface area contributed by atoms with Gasteiger partial charge in [-0.05, 0) is 30.0 Å². The van der Waals surface area contributed by atoms with Crippen LogP contribution in [0.4, 0.5) is 17.6 Å². The standard InChI is InChI=1S/C14H18F4O2/c1-3-4-5-9(2)10-6-11(19-13(15)16)8-12(7-10)20-14(17)18/h6-9,13-14H,3-5H2,1-2H3. The zero-order valence-corrected chi connectivity index (χ0v) is 11.4. The van der Waals surface area contributed by atoms with Crippen molar-refractivity contribution in [3.8, 4) is 11.5 Å². The summed E-state index contributed by atoms with van der Waals surface area (Å²) in [6, 6.07) is 3.91. The molecule has 1 rings (SSSR count). The molecule has 0 aromatic heterocycles. The van der Waals surface area contributed by atoms with E-state index in [1.165, 1.54) is 12.1 Å². The van der Waals surface area contributed by atoms with Crippen molar-refractivity contribution >= 4 is 0 Å². The van der Waals surface area contributed by atoms with Crippen LogP contribution >= 0.6 is 0 Å². The Morgan fingerprint density at radius 1 is 0.950 bits per heavy atom.